The van der Waals surface area contributed by atoms with E-state index in [2.05, 4.69) is 36.8 Å². The van der Waals surface area contributed by atoms with Crippen molar-refractivity contribution in [2.45, 2.75) is 58.9 Å². The molecule has 1 aromatic rings. The average molecular weight is 221 g/mol. The number of aromatic nitrogens is 2. The highest BCUT2D eigenvalue weighted by Crippen LogP contribution is 2.14. The summed E-state index contributed by atoms with van der Waals surface area (Å²) in [5.74, 6) is 1.34. The van der Waals surface area contributed by atoms with Gasteiger partial charge in [0, 0.05) is 23.9 Å². The minimum Gasteiger partial charge on any atom is -0.328 e. The monoisotopic (exact) mass is 221 g/mol. The molecule has 3 heteroatoms. The van der Waals surface area contributed by atoms with Crippen LogP contribution in [-0.4, -0.2) is 16.0 Å². The highest BCUT2D eigenvalue weighted by molar-refractivity contribution is 5.15. The fraction of sp³-hybridized carbons (Fsp3) is 0.692. The molecule has 0 saturated heterocycles. The highest BCUT2D eigenvalue weighted by Gasteiger charge is 2.08. The molecule has 16 heavy (non-hydrogen) atoms. The Labute approximate surface area is 98.5 Å². The molecule has 90 valence electrons. The molecule has 0 fully saturated rings. The van der Waals surface area contributed by atoms with Crippen LogP contribution in [0, 0.1) is 0 Å². The predicted molar refractivity (Wildman–Crippen MR) is 67.5 cm³/mol. The summed E-state index contributed by atoms with van der Waals surface area (Å²) in [5, 5.41) is 0. The van der Waals surface area contributed by atoms with Crippen LogP contribution in [-0.2, 0) is 12.8 Å². The minimum absolute atomic E-state index is 0.122. The van der Waals surface area contributed by atoms with Crippen LogP contribution >= 0.6 is 0 Å². The molecule has 0 bridgehead atoms. The minimum atomic E-state index is 0.122. The maximum atomic E-state index is 5.79. The lowest BCUT2D eigenvalue weighted by Crippen LogP contribution is -2.20. The molecule has 1 heterocycles. The summed E-state index contributed by atoms with van der Waals surface area (Å²) in [5.41, 5.74) is 8.08. The molecule has 1 unspecified atom stereocenters. The first-order chi connectivity index (χ1) is 7.52. The van der Waals surface area contributed by atoms with Crippen LogP contribution in [0.1, 0.15) is 57.2 Å². The van der Waals surface area contributed by atoms with Gasteiger partial charge in [-0.2, -0.15) is 0 Å². The zero-order chi connectivity index (χ0) is 12.1. The van der Waals surface area contributed by atoms with Gasteiger partial charge in [-0.25, -0.2) is 9.97 Å². The smallest absolute Gasteiger partial charge is 0.130 e. The molecule has 0 spiro atoms. The summed E-state index contributed by atoms with van der Waals surface area (Å²) in [7, 11) is 0. The van der Waals surface area contributed by atoms with Crippen LogP contribution in [0.3, 0.4) is 0 Å². The fourth-order valence-electron chi connectivity index (χ4n) is 1.63. The Hall–Kier alpha value is -0.960. The van der Waals surface area contributed by atoms with Gasteiger partial charge in [0.15, 0.2) is 0 Å². The van der Waals surface area contributed by atoms with Gasteiger partial charge in [0.25, 0.3) is 0 Å². The molecule has 3 nitrogen and oxygen atoms in total. The van der Waals surface area contributed by atoms with Crippen LogP contribution in [0.15, 0.2) is 6.07 Å². The van der Waals surface area contributed by atoms with E-state index < -0.39 is 0 Å². The molecule has 1 aromatic heterocycles. The van der Waals surface area contributed by atoms with Crippen molar-refractivity contribution >= 4 is 0 Å². The van der Waals surface area contributed by atoms with Crippen molar-refractivity contribution in [1.29, 1.82) is 0 Å². The second-order valence-electron chi connectivity index (χ2n) is 4.79. The van der Waals surface area contributed by atoms with Gasteiger partial charge in [0.1, 0.15) is 5.82 Å². The Morgan fingerprint density at radius 2 is 1.94 bits per heavy atom. The highest BCUT2D eigenvalue weighted by atomic mass is 14.9. The van der Waals surface area contributed by atoms with Crippen LogP contribution in [0.2, 0.25) is 0 Å². The zero-order valence-corrected chi connectivity index (χ0v) is 10.8. The predicted octanol–water partition coefficient (Wildman–Crippen LogP) is 2.44. The molecule has 0 aliphatic heterocycles. The number of aryl methyl sites for hydroxylation is 1. The van der Waals surface area contributed by atoms with E-state index in [1.807, 2.05) is 6.92 Å². The second-order valence-corrected chi connectivity index (χ2v) is 4.79. The van der Waals surface area contributed by atoms with Gasteiger partial charge in [-0.05, 0) is 25.3 Å². The Kier molecular flexibility index (Phi) is 4.87. The van der Waals surface area contributed by atoms with E-state index in [4.69, 9.17) is 5.73 Å². The van der Waals surface area contributed by atoms with Gasteiger partial charge in [-0.3, -0.25) is 0 Å². The van der Waals surface area contributed by atoms with Crippen molar-refractivity contribution < 1.29 is 0 Å². The number of nitrogens with two attached hydrogens (primary N) is 1. The Bertz CT molecular complexity index is 332. The SMILES string of the molecule is CCCc1cc(C(C)C)nc(CC(C)N)n1. The first-order valence-electron chi connectivity index (χ1n) is 6.15. The van der Waals surface area contributed by atoms with Gasteiger partial charge >= 0.3 is 0 Å². The molecule has 0 amide bonds. The number of hydrogen-bond acceptors (Lipinski definition) is 3. The van der Waals surface area contributed by atoms with Crippen LogP contribution < -0.4 is 5.73 Å². The van der Waals surface area contributed by atoms with E-state index in [1.54, 1.807) is 0 Å². The molecule has 1 atom stereocenters. The molecule has 0 aromatic carbocycles. The number of nitrogens with zero attached hydrogens (tertiary/aromatic N) is 2. The topological polar surface area (TPSA) is 51.8 Å². The van der Waals surface area contributed by atoms with E-state index in [-0.39, 0.29) is 6.04 Å². The largest absolute Gasteiger partial charge is 0.328 e. The van der Waals surface area contributed by atoms with Crippen LogP contribution in [0.5, 0.6) is 0 Å². The summed E-state index contributed by atoms with van der Waals surface area (Å²) in [6.45, 7) is 8.48. The van der Waals surface area contributed by atoms with Gasteiger partial charge < -0.3 is 5.73 Å². The second kappa shape index (κ2) is 5.94. The average Bonchev–Trinajstić information content (AvgIpc) is 2.16. The maximum absolute atomic E-state index is 5.79. The number of rotatable bonds is 5. The van der Waals surface area contributed by atoms with E-state index in [9.17, 15) is 0 Å². The molecule has 0 aliphatic rings. The third-order valence-electron chi connectivity index (χ3n) is 2.45. The first-order valence-corrected chi connectivity index (χ1v) is 6.15. The van der Waals surface area contributed by atoms with E-state index in [0.717, 1.165) is 36.5 Å². The van der Waals surface area contributed by atoms with Crippen molar-refractivity contribution in [3.8, 4) is 0 Å². The third kappa shape index (κ3) is 3.89. The Balaban J connectivity index is 2.98. The quantitative estimate of drug-likeness (QED) is 0.831. The lowest BCUT2D eigenvalue weighted by atomic mass is 10.1. The van der Waals surface area contributed by atoms with Crippen molar-refractivity contribution in [2.24, 2.45) is 5.73 Å². The van der Waals surface area contributed by atoms with Gasteiger partial charge in [-0.1, -0.05) is 27.2 Å². The fourth-order valence-corrected chi connectivity index (χ4v) is 1.63. The molecule has 0 aliphatic carbocycles. The normalized spacial score (nSPS) is 13.1. The van der Waals surface area contributed by atoms with Crippen molar-refractivity contribution in [3.05, 3.63) is 23.3 Å². The summed E-state index contributed by atoms with van der Waals surface area (Å²) in [6, 6.07) is 2.25. The van der Waals surface area contributed by atoms with Gasteiger partial charge in [0.05, 0.1) is 0 Å². The van der Waals surface area contributed by atoms with E-state index in [0.29, 0.717) is 5.92 Å². The molecule has 1 rings (SSSR count). The van der Waals surface area contributed by atoms with Crippen molar-refractivity contribution in [3.63, 3.8) is 0 Å². The lowest BCUT2D eigenvalue weighted by molar-refractivity contribution is 0.676. The first kappa shape index (κ1) is 13.1. The molecule has 0 saturated carbocycles. The molecule has 2 N–H and O–H groups in total. The standard InChI is InChI=1S/C13H23N3/c1-5-6-11-8-12(9(2)3)16-13(15-11)7-10(4)14/h8-10H,5-7,14H2,1-4H3. The van der Waals surface area contributed by atoms with Gasteiger partial charge in [0.2, 0.25) is 0 Å². The maximum Gasteiger partial charge on any atom is 0.130 e. The summed E-state index contributed by atoms with van der Waals surface area (Å²) in [4.78, 5) is 9.12. The molecule has 0 radical (unpaired) electrons. The van der Waals surface area contributed by atoms with Gasteiger partial charge in [-0.15, -0.1) is 0 Å². The van der Waals surface area contributed by atoms with Crippen molar-refractivity contribution in [1.82, 2.24) is 9.97 Å². The lowest BCUT2D eigenvalue weighted by Gasteiger charge is -2.11. The van der Waals surface area contributed by atoms with E-state index >= 15 is 0 Å². The summed E-state index contributed by atoms with van der Waals surface area (Å²) < 4.78 is 0. The zero-order valence-electron chi connectivity index (χ0n) is 10.8. The number of hydrogen-bond donors (Lipinski definition) is 1. The van der Waals surface area contributed by atoms with Crippen LogP contribution in [0.25, 0.3) is 0 Å². The summed E-state index contributed by atoms with van der Waals surface area (Å²) >= 11 is 0. The van der Waals surface area contributed by atoms with Crippen LogP contribution in [0.4, 0.5) is 0 Å². The Morgan fingerprint density at radius 3 is 2.44 bits per heavy atom. The summed E-state index contributed by atoms with van der Waals surface area (Å²) in [6.07, 6.45) is 2.90. The molecular weight excluding hydrogens is 198 g/mol. The third-order valence-corrected chi connectivity index (χ3v) is 2.45. The van der Waals surface area contributed by atoms with Crippen molar-refractivity contribution in [2.75, 3.05) is 0 Å². The Morgan fingerprint density at radius 1 is 1.25 bits per heavy atom. The van der Waals surface area contributed by atoms with E-state index in [1.165, 1.54) is 0 Å². The molecular formula is C13H23N3.